The summed E-state index contributed by atoms with van der Waals surface area (Å²) in [5, 5.41) is 0. The zero-order chi connectivity index (χ0) is 6.41. The molecule has 0 aromatic carbocycles. The fourth-order valence-corrected chi connectivity index (χ4v) is 0.366. The van der Waals surface area contributed by atoms with Crippen LogP contribution in [0.15, 0.2) is 12.2 Å². The molecule has 0 nitrogen and oxygen atoms in total. The fraction of sp³-hybridized carbons (Fsp3) is 0.667. The van der Waals surface area contributed by atoms with Gasteiger partial charge in [-0.2, -0.15) is 0 Å². The highest BCUT2D eigenvalue weighted by atomic mass is 19.3. The van der Waals surface area contributed by atoms with Crippen molar-refractivity contribution >= 4 is 0 Å². The molecule has 0 aliphatic heterocycles. The summed E-state index contributed by atoms with van der Waals surface area (Å²) >= 11 is 0. The van der Waals surface area contributed by atoms with Crippen LogP contribution in [-0.2, 0) is 0 Å². The van der Waals surface area contributed by atoms with E-state index >= 15 is 0 Å². The predicted molar refractivity (Wildman–Crippen MR) is 30.1 cm³/mol. The average Bonchev–Trinajstić information content (AvgIpc) is 1.66. The lowest BCUT2D eigenvalue weighted by molar-refractivity contribution is 0.204. The maximum Gasteiger partial charge on any atom is 0.257 e. The Morgan fingerprint density at radius 2 is 2.12 bits per heavy atom. The quantitative estimate of drug-likeness (QED) is 0.502. The van der Waals surface area contributed by atoms with Crippen LogP contribution < -0.4 is 0 Å². The summed E-state index contributed by atoms with van der Waals surface area (Å²) in [7, 11) is 0. The first-order chi connectivity index (χ1) is 3.77. The standard InChI is InChI=1S/C6H10F2/c1-2-3-4-5-6(7)8/h4-6H,2-3H2,1H3. The second-order valence-electron chi connectivity index (χ2n) is 1.55. The first-order valence-corrected chi connectivity index (χ1v) is 2.72. The molecular weight excluding hydrogens is 110 g/mol. The second-order valence-corrected chi connectivity index (χ2v) is 1.55. The molecule has 2 heteroatoms. The highest BCUT2D eigenvalue weighted by Crippen LogP contribution is 1.96. The maximum atomic E-state index is 11.3. The van der Waals surface area contributed by atoms with Gasteiger partial charge in [0, 0.05) is 0 Å². The smallest absolute Gasteiger partial charge is 0.206 e. The van der Waals surface area contributed by atoms with E-state index in [4.69, 9.17) is 0 Å². The molecule has 0 aromatic heterocycles. The van der Waals surface area contributed by atoms with E-state index in [2.05, 4.69) is 0 Å². The van der Waals surface area contributed by atoms with Crippen molar-refractivity contribution in [3.8, 4) is 0 Å². The Morgan fingerprint density at radius 1 is 1.50 bits per heavy atom. The molecular formula is C6H10F2. The van der Waals surface area contributed by atoms with Gasteiger partial charge in [0.1, 0.15) is 0 Å². The van der Waals surface area contributed by atoms with E-state index in [1.165, 1.54) is 6.08 Å². The highest BCUT2D eigenvalue weighted by Gasteiger charge is 1.89. The fourth-order valence-electron chi connectivity index (χ4n) is 0.366. The second kappa shape index (κ2) is 4.75. The van der Waals surface area contributed by atoms with Crippen LogP contribution in [0.2, 0.25) is 0 Å². The first-order valence-electron chi connectivity index (χ1n) is 2.72. The topological polar surface area (TPSA) is 0 Å². The lowest BCUT2D eigenvalue weighted by Gasteiger charge is -1.84. The molecule has 0 aliphatic rings. The predicted octanol–water partition coefficient (Wildman–Crippen LogP) is 2.61. The van der Waals surface area contributed by atoms with Gasteiger partial charge in [0.15, 0.2) is 0 Å². The van der Waals surface area contributed by atoms with Crippen LogP contribution in [0.3, 0.4) is 0 Å². The van der Waals surface area contributed by atoms with Gasteiger partial charge in [0.05, 0.1) is 0 Å². The molecule has 0 amide bonds. The zero-order valence-corrected chi connectivity index (χ0v) is 4.90. The Bertz CT molecular complexity index is 66.9. The molecule has 0 aliphatic carbocycles. The van der Waals surface area contributed by atoms with Gasteiger partial charge in [-0.25, -0.2) is 8.78 Å². The van der Waals surface area contributed by atoms with Crippen LogP contribution in [0.5, 0.6) is 0 Å². The molecule has 0 rings (SSSR count). The van der Waals surface area contributed by atoms with Crippen LogP contribution in [0, 0.1) is 0 Å². The average molecular weight is 120 g/mol. The molecule has 0 aromatic rings. The molecule has 0 atom stereocenters. The van der Waals surface area contributed by atoms with Crippen molar-refractivity contribution in [2.45, 2.75) is 26.2 Å². The van der Waals surface area contributed by atoms with Crippen molar-refractivity contribution in [1.82, 2.24) is 0 Å². The van der Waals surface area contributed by atoms with Crippen molar-refractivity contribution in [3.05, 3.63) is 12.2 Å². The largest absolute Gasteiger partial charge is 0.257 e. The molecule has 0 fully saturated rings. The van der Waals surface area contributed by atoms with E-state index in [1.54, 1.807) is 0 Å². The van der Waals surface area contributed by atoms with Crippen LogP contribution in [0.25, 0.3) is 0 Å². The van der Waals surface area contributed by atoms with E-state index in [0.717, 1.165) is 18.9 Å². The van der Waals surface area contributed by atoms with Gasteiger partial charge in [-0.1, -0.05) is 19.4 Å². The Morgan fingerprint density at radius 3 is 2.50 bits per heavy atom. The third-order valence-electron chi connectivity index (χ3n) is 0.737. The minimum absolute atomic E-state index is 0.754. The Hall–Kier alpha value is -0.400. The van der Waals surface area contributed by atoms with E-state index in [-0.39, 0.29) is 0 Å². The Kier molecular flexibility index (Phi) is 4.51. The minimum Gasteiger partial charge on any atom is -0.206 e. The zero-order valence-electron chi connectivity index (χ0n) is 4.90. The number of unbranched alkanes of at least 4 members (excludes halogenated alkanes) is 1. The van der Waals surface area contributed by atoms with E-state index in [9.17, 15) is 8.78 Å². The first kappa shape index (κ1) is 7.60. The van der Waals surface area contributed by atoms with E-state index < -0.39 is 6.43 Å². The van der Waals surface area contributed by atoms with Gasteiger partial charge < -0.3 is 0 Å². The van der Waals surface area contributed by atoms with Crippen molar-refractivity contribution < 1.29 is 8.78 Å². The van der Waals surface area contributed by atoms with E-state index in [1.807, 2.05) is 6.92 Å². The summed E-state index contributed by atoms with van der Waals surface area (Å²) < 4.78 is 22.5. The number of hydrogen-bond donors (Lipinski definition) is 0. The normalized spacial score (nSPS) is 11.5. The lowest BCUT2D eigenvalue weighted by atomic mass is 10.3. The van der Waals surface area contributed by atoms with Crippen molar-refractivity contribution in [3.63, 3.8) is 0 Å². The third-order valence-corrected chi connectivity index (χ3v) is 0.737. The summed E-state index contributed by atoms with van der Waals surface area (Å²) in [6, 6.07) is 0. The number of rotatable bonds is 3. The molecule has 0 radical (unpaired) electrons. The van der Waals surface area contributed by atoms with Crippen LogP contribution in [0.4, 0.5) is 8.78 Å². The van der Waals surface area contributed by atoms with Crippen molar-refractivity contribution in [2.24, 2.45) is 0 Å². The van der Waals surface area contributed by atoms with Crippen molar-refractivity contribution in [1.29, 1.82) is 0 Å². The molecule has 0 spiro atoms. The molecule has 0 saturated heterocycles. The number of halogens is 2. The summed E-state index contributed by atoms with van der Waals surface area (Å²) in [6.07, 6.45) is 1.84. The van der Waals surface area contributed by atoms with E-state index in [0.29, 0.717) is 0 Å². The SMILES string of the molecule is CCCC=CC(F)F. The summed E-state index contributed by atoms with van der Waals surface area (Å²) in [5.41, 5.74) is 0. The molecule has 0 N–H and O–H groups in total. The van der Waals surface area contributed by atoms with Crippen molar-refractivity contribution in [2.75, 3.05) is 0 Å². The number of alkyl halides is 2. The van der Waals surface area contributed by atoms with Crippen LogP contribution >= 0.6 is 0 Å². The Labute approximate surface area is 48.2 Å². The third kappa shape index (κ3) is 5.60. The molecule has 48 valence electrons. The molecule has 0 bridgehead atoms. The van der Waals surface area contributed by atoms with Crippen LogP contribution in [-0.4, -0.2) is 6.43 Å². The van der Waals surface area contributed by atoms with Gasteiger partial charge in [0.25, 0.3) is 6.43 Å². The molecule has 8 heavy (non-hydrogen) atoms. The van der Waals surface area contributed by atoms with Gasteiger partial charge in [-0.3, -0.25) is 0 Å². The summed E-state index contributed by atoms with van der Waals surface area (Å²) in [6.45, 7) is 1.95. The van der Waals surface area contributed by atoms with Gasteiger partial charge in [-0.15, -0.1) is 0 Å². The molecule has 0 heterocycles. The van der Waals surface area contributed by atoms with Gasteiger partial charge in [-0.05, 0) is 12.5 Å². The lowest BCUT2D eigenvalue weighted by Crippen LogP contribution is -1.78. The Balaban J connectivity index is 3.07. The maximum absolute atomic E-state index is 11.3. The monoisotopic (exact) mass is 120 g/mol. The number of allylic oxidation sites excluding steroid dienone is 2. The van der Waals surface area contributed by atoms with Gasteiger partial charge >= 0.3 is 0 Å². The van der Waals surface area contributed by atoms with Gasteiger partial charge in [0.2, 0.25) is 0 Å². The molecule has 0 unspecified atom stereocenters. The summed E-state index contributed by atoms with van der Waals surface area (Å²) in [4.78, 5) is 0. The minimum atomic E-state index is -2.28. The molecule has 0 saturated carbocycles. The summed E-state index contributed by atoms with van der Waals surface area (Å²) in [5.74, 6) is 0. The van der Waals surface area contributed by atoms with Crippen LogP contribution in [0.1, 0.15) is 19.8 Å². The highest BCUT2D eigenvalue weighted by molar-refractivity contribution is 4.83. The number of hydrogen-bond acceptors (Lipinski definition) is 0.